The van der Waals surface area contributed by atoms with Crippen molar-refractivity contribution < 1.29 is 9.53 Å². The van der Waals surface area contributed by atoms with E-state index >= 15 is 0 Å². The fourth-order valence-corrected chi connectivity index (χ4v) is 2.07. The Balaban J connectivity index is 0.00000324. The van der Waals surface area contributed by atoms with Gasteiger partial charge in [0.05, 0.1) is 20.1 Å². The number of hydrogen-bond acceptors (Lipinski definition) is 3. The fraction of sp³-hybridized carbons (Fsp3) is 0.846. The molecule has 0 aromatic rings. The molecule has 1 aliphatic heterocycles. The van der Waals surface area contributed by atoms with E-state index in [4.69, 9.17) is 0 Å². The molecule has 5 nitrogen and oxygen atoms in total. The molecule has 0 unspecified atom stereocenters. The third-order valence-electron chi connectivity index (χ3n) is 3.12. The van der Waals surface area contributed by atoms with E-state index in [0.717, 1.165) is 25.6 Å². The molecule has 1 fully saturated rings. The van der Waals surface area contributed by atoms with Gasteiger partial charge in [-0.2, -0.15) is 0 Å². The second kappa shape index (κ2) is 8.60. The minimum absolute atomic E-state index is 0. The van der Waals surface area contributed by atoms with Crippen LogP contribution in [0.1, 0.15) is 33.6 Å². The predicted molar refractivity (Wildman–Crippen MR) is 88.0 cm³/mol. The number of nitrogens with zero attached hydrogens (tertiary/aromatic N) is 2. The first-order valence-corrected chi connectivity index (χ1v) is 6.58. The van der Waals surface area contributed by atoms with Crippen LogP contribution < -0.4 is 5.32 Å². The summed E-state index contributed by atoms with van der Waals surface area (Å²) in [6.45, 7) is 9.95. The van der Waals surface area contributed by atoms with Gasteiger partial charge in [-0.3, -0.25) is 9.79 Å². The molecule has 112 valence electrons. The molecule has 0 bridgehead atoms. The van der Waals surface area contributed by atoms with Crippen molar-refractivity contribution >= 4 is 35.9 Å². The van der Waals surface area contributed by atoms with Crippen molar-refractivity contribution in [2.24, 2.45) is 10.4 Å². The number of esters is 1. The first kappa shape index (κ1) is 18.5. The predicted octanol–water partition coefficient (Wildman–Crippen LogP) is 1.86. The largest absolute Gasteiger partial charge is 0.469 e. The van der Waals surface area contributed by atoms with Crippen LogP contribution in [0, 0.1) is 5.41 Å². The van der Waals surface area contributed by atoms with Gasteiger partial charge in [-0.25, -0.2) is 0 Å². The molecule has 1 heterocycles. The second-order valence-corrected chi connectivity index (χ2v) is 5.40. The topological polar surface area (TPSA) is 53.9 Å². The van der Waals surface area contributed by atoms with E-state index in [1.165, 1.54) is 13.5 Å². The minimum atomic E-state index is -0.212. The summed E-state index contributed by atoms with van der Waals surface area (Å²) in [6.07, 6.45) is 1.51. The molecule has 1 aliphatic rings. The highest BCUT2D eigenvalue weighted by Gasteiger charge is 2.30. The van der Waals surface area contributed by atoms with Crippen LogP contribution in [0.4, 0.5) is 0 Å². The molecular formula is C13H26IN3O2. The van der Waals surface area contributed by atoms with Crippen molar-refractivity contribution in [1.82, 2.24) is 10.2 Å². The maximum Gasteiger partial charge on any atom is 0.307 e. The average Bonchev–Trinajstić information content (AvgIpc) is 2.68. The second-order valence-electron chi connectivity index (χ2n) is 5.40. The van der Waals surface area contributed by atoms with E-state index in [0.29, 0.717) is 18.4 Å². The van der Waals surface area contributed by atoms with Crippen molar-refractivity contribution in [2.75, 3.05) is 33.3 Å². The van der Waals surface area contributed by atoms with Gasteiger partial charge in [0.1, 0.15) is 0 Å². The summed E-state index contributed by atoms with van der Waals surface area (Å²) in [5, 5.41) is 3.28. The molecule has 1 N–H and O–H groups in total. The zero-order valence-corrected chi connectivity index (χ0v) is 14.7. The molecule has 0 aromatic heterocycles. The summed E-state index contributed by atoms with van der Waals surface area (Å²) >= 11 is 0. The van der Waals surface area contributed by atoms with Crippen LogP contribution >= 0.6 is 24.0 Å². The van der Waals surface area contributed by atoms with Gasteiger partial charge in [0, 0.05) is 19.6 Å². The van der Waals surface area contributed by atoms with Crippen molar-refractivity contribution in [3.05, 3.63) is 0 Å². The van der Waals surface area contributed by atoms with E-state index in [2.05, 4.69) is 40.7 Å². The van der Waals surface area contributed by atoms with Crippen molar-refractivity contribution in [1.29, 1.82) is 0 Å². The Kier molecular flexibility index (Phi) is 8.36. The number of likely N-dealkylation sites (tertiary alicyclic amines) is 1. The Morgan fingerprint density at radius 1 is 1.47 bits per heavy atom. The van der Waals surface area contributed by atoms with Crippen LogP contribution in [0.2, 0.25) is 0 Å². The van der Waals surface area contributed by atoms with Gasteiger partial charge in [-0.05, 0) is 18.8 Å². The third-order valence-corrected chi connectivity index (χ3v) is 3.12. The maximum absolute atomic E-state index is 11.1. The van der Waals surface area contributed by atoms with Gasteiger partial charge < -0.3 is 15.0 Å². The van der Waals surface area contributed by atoms with Crippen LogP contribution in [-0.4, -0.2) is 50.1 Å². The summed E-state index contributed by atoms with van der Waals surface area (Å²) < 4.78 is 4.61. The minimum Gasteiger partial charge on any atom is -0.469 e. The maximum atomic E-state index is 11.1. The van der Waals surface area contributed by atoms with Gasteiger partial charge in [-0.1, -0.05) is 13.8 Å². The summed E-state index contributed by atoms with van der Waals surface area (Å²) in [7, 11) is 1.40. The number of carbonyl (C=O) groups is 1. The highest BCUT2D eigenvalue weighted by atomic mass is 127. The number of methoxy groups -OCH3 is 1. The molecule has 0 aromatic carbocycles. The average molecular weight is 383 g/mol. The molecule has 1 saturated heterocycles. The Morgan fingerprint density at radius 3 is 2.63 bits per heavy atom. The molecule has 0 atom stereocenters. The number of ether oxygens (including phenoxy) is 1. The number of halogens is 1. The van der Waals surface area contributed by atoms with Gasteiger partial charge in [-0.15, -0.1) is 24.0 Å². The first-order valence-electron chi connectivity index (χ1n) is 6.58. The Bertz CT molecular complexity index is 319. The highest BCUT2D eigenvalue weighted by Crippen LogP contribution is 2.28. The number of aliphatic imine (C=N–C) groups is 1. The molecule has 0 spiro atoms. The SMILES string of the molecule is CCNC(=NCCC(=O)OC)N1CCC(C)(C)C1.I. The lowest BCUT2D eigenvalue weighted by atomic mass is 9.93. The summed E-state index contributed by atoms with van der Waals surface area (Å²) in [5.41, 5.74) is 0.346. The first-order chi connectivity index (χ1) is 8.48. The normalized spacial score (nSPS) is 17.9. The summed E-state index contributed by atoms with van der Waals surface area (Å²) in [4.78, 5) is 17.8. The number of guanidine groups is 1. The highest BCUT2D eigenvalue weighted by molar-refractivity contribution is 14.0. The van der Waals surface area contributed by atoms with Crippen LogP contribution in [0.15, 0.2) is 4.99 Å². The van der Waals surface area contributed by atoms with Gasteiger partial charge >= 0.3 is 5.97 Å². The van der Waals surface area contributed by atoms with Crippen LogP contribution in [-0.2, 0) is 9.53 Å². The summed E-state index contributed by atoms with van der Waals surface area (Å²) in [6, 6.07) is 0. The molecule has 0 amide bonds. The molecule has 0 radical (unpaired) electrons. The van der Waals surface area contributed by atoms with E-state index in [1.807, 2.05) is 0 Å². The van der Waals surface area contributed by atoms with Crippen molar-refractivity contribution in [3.8, 4) is 0 Å². The molecule has 1 rings (SSSR count). The lowest BCUT2D eigenvalue weighted by molar-refractivity contribution is -0.140. The Labute approximate surface area is 133 Å². The molecule has 19 heavy (non-hydrogen) atoms. The van der Waals surface area contributed by atoms with E-state index in [9.17, 15) is 4.79 Å². The zero-order valence-electron chi connectivity index (χ0n) is 12.4. The Morgan fingerprint density at radius 2 is 2.16 bits per heavy atom. The van der Waals surface area contributed by atoms with Gasteiger partial charge in [0.15, 0.2) is 5.96 Å². The number of hydrogen-bond donors (Lipinski definition) is 1. The van der Waals surface area contributed by atoms with E-state index < -0.39 is 0 Å². The molecular weight excluding hydrogens is 357 g/mol. The van der Waals surface area contributed by atoms with Crippen LogP contribution in [0.3, 0.4) is 0 Å². The molecule has 6 heteroatoms. The Hall–Kier alpha value is -0.530. The molecule has 0 aliphatic carbocycles. The van der Waals surface area contributed by atoms with Crippen molar-refractivity contribution in [3.63, 3.8) is 0 Å². The molecule has 0 saturated carbocycles. The number of carbonyl (C=O) groups excluding carboxylic acids is 1. The number of rotatable bonds is 4. The number of nitrogens with one attached hydrogen (secondary N) is 1. The zero-order chi connectivity index (χ0) is 13.6. The van der Waals surface area contributed by atoms with Crippen LogP contribution in [0.25, 0.3) is 0 Å². The van der Waals surface area contributed by atoms with E-state index in [1.54, 1.807) is 0 Å². The van der Waals surface area contributed by atoms with Crippen molar-refractivity contribution in [2.45, 2.75) is 33.6 Å². The van der Waals surface area contributed by atoms with Gasteiger partial charge in [0.2, 0.25) is 0 Å². The van der Waals surface area contributed by atoms with Gasteiger partial charge in [0.25, 0.3) is 0 Å². The summed E-state index contributed by atoms with van der Waals surface area (Å²) in [5.74, 6) is 0.698. The lowest BCUT2D eigenvalue weighted by Crippen LogP contribution is -2.40. The third kappa shape index (κ3) is 6.44. The fourth-order valence-electron chi connectivity index (χ4n) is 2.07. The smallest absolute Gasteiger partial charge is 0.307 e. The quantitative estimate of drug-likeness (QED) is 0.349. The standard InChI is InChI=1S/C13H25N3O2.HI/c1-5-14-12(15-8-6-11(17)18-4)16-9-7-13(2,3)10-16;/h5-10H2,1-4H3,(H,14,15);1H. The monoisotopic (exact) mass is 383 g/mol. The lowest BCUT2D eigenvalue weighted by Gasteiger charge is -2.23. The van der Waals surface area contributed by atoms with E-state index in [-0.39, 0.29) is 29.9 Å². The van der Waals surface area contributed by atoms with Crippen LogP contribution in [0.5, 0.6) is 0 Å².